The molecule has 0 fully saturated rings. The van der Waals surface area contributed by atoms with Crippen molar-refractivity contribution in [3.8, 4) is 5.75 Å². The van der Waals surface area contributed by atoms with Crippen LogP contribution in [0.15, 0.2) is 48.5 Å². The Morgan fingerprint density at radius 3 is 2.21 bits per heavy atom. The van der Waals surface area contributed by atoms with Crippen molar-refractivity contribution < 1.29 is 17.9 Å². The van der Waals surface area contributed by atoms with Gasteiger partial charge in [-0.15, -0.1) is 0 Å². The van der Waals surface area contributed by atoms with Crippen molar-refractivity contribution in [1.29, 1.82) is 0 Å². The topological polar surface area (TPSA) is 75.7 Å². The lowest BCUT2D eigenvalue weighted by Gasteiger charge is -2.30. The zero-order valence-corrected chi connectivity index (χ0v) is 17.6. The molecule has 0 spiro atoms. The summed E-state index contributed by atoms with van der Waals surface area (Å²) in [5.41, 5.74) is 2.58. The maximum absolute atomic E-state index is 12.8. The zero-order valence-electron chi connectivity index (χ0n) is 16.8. The number of nitrogens with one attached hydrogen (secondary N) is 1. The van der Waals surface area contributed by atoms with Crippen LogP contribution in [0.4, 0.5) is 5.69 Å². The van der Waals surface area contributed by atoms with Crippen LogP contribution in [0.3, 0.4) is 0 Å². The number of rotatable bonds is 9. The summed E-state index contributed by atoms with van der Waals surface area (Å²) in [6.45, 7) is 4.16. The molecule has 0 aliphatic rings. The first kappa shape index (κ1) is 21.8. The number of nitrogens with zero attached hydrogens (tertiary/aromatic N) is 1. The smallest absolute Gasteiger partial charge is 0.243 e. The Morgan fingerprint density at radius 2 is 1.71 bits per heavy atom. The third kappa shape index (κ3) is 5.73. The van der Waals surface area contributed by atoms with E-state index in [1.807, 2.05) is 43.3 Å². The van der Waals surface area contributed by atoms with Gasteiger partial charge in [0, 0.05) is 6.54 Å². The lowest BCUT2D eigenvalue weighted by molar-refractivity contribution is -0.122. The minimum atomic E-state index is -3.61. The van der Waals surface area contributed by atoms with Gasteiger partial charge in [-0.3, -0.25) is 9.10 Å². The highest BCUT2D eigenvalue weighted by Crippen LogP contribution is 2.23. The van der Waals surface area contributed by atoms with Crippen LogP contribution >= 0.6 is 0 Å². The number of sulfonamides is 1. The first-order chi connectivity index (χ1) is 13.3. The van der Waals surface area contributed by atoms with Gasteiger partial charge in [0.1, 0.15) is 11.8 Å². The molecular weight excluding hydrogens is 376 g/mol. The number of benzene rings is 2. The van der Waals surface area contributed by atoms with Gasteiger partial charge >= 0.3 is 0 Å². The van der Waals surface area contributed by atoms with E-state index in [0.29, 0.717) is 25.1 Å². The Balaban J connectivity index is 2.09. The Labute approximate surface area is 167 Å². The van der Waals surface area contributed by atoms with Crippen LogP contribution in [-0.2, 0) is 21.2 Å². The van der Waals surface area contributed by atoms with Gasteiger partial charge in [0.15, 0.2) is 0 Å². The zero-order chi connectivity index (χ0) is 20.7. The third-order valence-corrected chi connectivity index (χ3v) is 5.67. The average molecular weight is 405 g/mol. The molecule has 0 saturated carbocycles. The maximum Gasteiger partial charge on any atom is 0.243 e. The van der Waals surface area contributed by atoms with Crippen molar-refractivity contribution in [2.75, 3.05) is 24.2 Å². The summed E-state index contributed by atoms with van der Waals surface area (Å²) in [5.74, 6) is 0.475. The molecule has 0 bridgehead atoms. The van der Waals surface area contributed by atoms with E-state index in [1.54, 1.807) is 26.2 Å². The number of anilines is 1. The normalized spacial score (nSPS) is 12.3. The molecule has 2 rings (SSSR count). The van der Waals surface area contributed by atoms with Crippen LogP contribution in [0.2, 0.25) is 0 Å². The molecule has 6 nitrogen and oxygen atoms in total. The molecule has 0 unspecified atom stereocenters. The highest BCUT2D eigenvalue weighted by atomic mass is 32.2. The molecule has 7 heteroatoms. The predicted molar refractivity (Wildman–Crippen MR) is 112 cm³/mol. The van der Waals surface area contributed by atoms with Gasteiger partial charge in [0.2, 0.25) is 15.9 Å². The van der Waals surface area contributed by atoms with Crippen molar-refractivity contribution in [2.45, 2.75) is 32.7 Å². The molecule has 28 heavy (non-hydrogen) atoms. The van der Waals surface area contributed by atoms with Crippen LogP contribution < -0.4 is 14.4 Å². The van der Waals surface area contributed by atoms with Gasteiger partial charge < -0.3 is 10.1 Å². The summed E-state index contributed by atoms with van der Waals surface area (Å²) in [4.78, 5) is 12.8. The Morgan fingerprint density at radius 1 is 1.11 bits per heavy atom. The molecule has 0 aliphatic carbocycles. The van der Waals surface area contributed by atoms with Gasteiger partial charge in [-0.1, -0.05) is 36.8 Å². The fourth-order valence-electron chi connectivity index (χ4n) is 2.99. The monoisotopic (exact) mass is 404 g/mol. The Hall–Kier alpha value is -2.54. The minimum Gasteiger partial charge on any atom is -0.497 e. The van der Waals surface area contributed by atoms with Gasteiger partial charge in [0.05, 0.1) is 19.1 Å². The highest BCUT2D eigenvalue weighted by Gasteiger charge is 2.31. The molecule has 0 aliphatic heterocycles. The first-order valence-corrected chi connectivity index (χ1v) is 11.1. The second-order valence-corrected chi connectivity index (χ2v) is 8.57. The number of amides is 1. The largest absolute Gasteiger partial charge is 0.497 e. The van der Waals surface area contributed by atoms with E-state index < -0.39 is 16.1 Å². The molecule has 0 radical (unpaired) electrons. The van der Waals surface area contributed by atoms with Gasteiger partial charge in [-0.2, -0.15) is 0 Å². The molecule has 0 heterocycles. The van der Waals surface area contributed by atoms with E-state index in [9.17, 15) is 13.2 Å². The summed E-state index contributed by atoms with van der Waals surface area (Å²) >= 11 is 0. The summed E-state index contributed by atoms with van der Waals surface area (Å²) in [6.07, 6.45) is 2.14. The van der Waals surface area contributed by atoms with Gasteiger partial charge in [-0.25, -0.2) is 8.42 Å². The van der Waals surface area contributed by atoms with E-state index in [4.69, 9.17) is 4.74 Å². The lowest BCUT2D eigenvalue weighted by atomic mass is 10.1. The van der Waals surface area contributed by atoms with Crippen LogP contribution in [-0.4, -0.2) is 40.3 Å². The van der Waals surface area contributed by atoms with Crippen LogP contribution in [0, 0.1) is 6.92 Å². The lowest BCUT2D eigenvalue weighted by Crippen LogP contribution is -2.49. The molecule has 2 aromatic rings. The SMILES string of the molecule is CC[C@@H](C(=O)NCCc1ccc(OC)cc1)N(c1ccc(C)cc1)S(C)(=O)=O. The average Bonchev–Trinajstić information content (AvgIpc) is 2.66. The van der Waals surface area contributed by atoms with E-state index >= 15 is 0 Å². The van der Waals surface area contributed by atoms with E-state index in [2.05, 4.69) is 5.32 Å². The Bertz CT molecular complexity index is 878. The minimum absolute atomic E-state index is 0.304. The Kier molecular flexibility index (Phi) is 7.45. The van der Waals surface area contributed by atoms with Crippen LogP contribution in [0.1, 0.15) is 24.5 Å². The van der Waals surface area contributed by atoms with E-state index in [-0.39, 0.29) is 5.91 Å². The molecule has 0 saturated heterocycles. The van der Waals surface area contributed by atoms with Crippen molar-refractivity contribution in [1.82, 2.24) is 5.32 Å². The van der Waals surface area contributed by atoms with Crippen molar-refractivity contribution in [3.05, 3.63) is 59.7 Å². The van der Waals surface area contributed by atoms with E-state index in [0.717, 1.165) is 23.1 Å². The molecule has 152 valence electrons. The molecule has 1 amide bonds. The summed E-state index contributed by atoms with van der Waals surface area (Å²) in [6, 6.07) is 13.9. The van der Waals surface area contributed by atoms with Crippen molar-refractivity contribution >= 4 is 21.6 Å². The van der Waals surface area contributed by atoms with Crippen LogP contribution in [0.5, 0.6) is 5.75 Å². The second-order valence-electron chi connectivity index (χ2n) is 6.71. The summed E-state index contributed by atoms with van der Waals surface area (Å²) in [5, 5.41) is 2.87. The standard InChI is InChI=1S/C21H28N2O4S/c1-5-20(23(28(4,25)26)18-10-6-16(2)7-11-18)21(24)22-15-14-17-8-12-19(27-3)13-9-17/h6-13,20H,5,14-15H2,1-4H3,(H,22,24)/t20-/m0/s1. The highest BCUT2D eigenvalue weighted by molar-refractivity contribution is 7.92. The molecule has 0 aromatic heterocycles. The van der Waals surface area contributed by atoms with Crippen LogP contribution in [0.25, 0.3) is 0 Å². The molecule has 1 atom stereocenters. The summed E-state index contributed by atoms with van der Waals surface area (Å²) < 4.78 is 31.2. The number of carbonyl (C=O) groups is 1. The number of carbonyl (C=O) groups excluding carboxylic acids is 1. The number of aryl methyl sites for hydroxylation is 1. The maximum atomic E-state index is 12.8. The fraction of sp³-hybridized carbons (Fsp3) is 0.381. The quantitative estimate of drug-likeness (QED) is 0.697. The number of hydrogen-bond acceptors (Lipinski definition) is 4. The van der Waals surface area contributed by atoms with Crippen molar-refractivity contribution in [2.24, 2.45) is 0 Å². The number of hydrogen-bond donors (Lipinski definition) is 1. The predicted octanol–water partition coefficient (Wildman–Crippen LogP) is 2.91. The van der Waals surface area contributed by atoms with Gasteiger partial charge in [-0.05, 0) is 49.6 Å². The van der Waals surface area contributed by atoms with E-state index in [1.165, 1.54) is 4.31 Å². The second kappa shape index (κ2) is 9.59. The number of methoxy groups -OCH3 is 1. The molecule has 1 N–H and O–H groups in total. The fourth-order valence-corrected chi connectivity index (χ4v) is 4.20. The van der Waals surface area contributed by atoms with Crippen molar-refractivity contribution in [3.63, 3.8) is 0 Å². The number of ether oxygens (including phenoxy) is 1. The summed E-state index contributed by atoms with van der Waals surface area (Å²) in [7, 11) is -2.00. The first-order valence-electron chi connectivity index (χ1n) is 9.23. The third-order valence-electron chi connectivity index (χ3n) is 4.49. The molecule has 2 aromatic carbocycles. The molecular formula is C21H28N2O4S. The van der Waals surface area contributed by atoms with Gasteiger partial charge in [0.25, 0.3) is 0 Å².